The quantitative estimate of drug-likeness (QED) is 0.118. The lowest BCUT2D eigenvalue weighted by Gasteiger charge is -2.41. The fourth-order valence-electron chi connectivity index (χ4n) is 5.56. The monoisotopic (exact) mass is 695 g/mol. The van der Waals surface area contributed by atoms with Crippen LogP contribution in [0.1, 0.15) is 75.3 Å². The van der Waals surface area contributed by atoms with Crippen LogP contribution in [0.5, 0.6) is 0 Å². The number of nitrogens with zero attached hydrogens (tertiary/aromatic N) is 5. The summed E-state index contributed by atoms with van der Waals surface area (Å²) in [7, 11) is 0. The summed E-state index contributed by atoms with van der Waals surface area (Å²) in [6.07, 6.45) is 5.08. The third-order valence-electron chi connectivity index (χ3n) is 7.80. The van der Waals surface area contributed by atoms with Crippen LogP contribution in [0.4, 0.5) is 5.82 Å². The van der Waals surface area contributed by atoms with Crippen LogP contribution in [0.3, 0.4) is 0 Å². The maximum Gasteiger partial charge on any atom is 0.340 e. The summed E-state index contributed by atoms with van der Waals surface area (Å²) in [5.74, 6) is 0.333. The van der Waals surface area contributed by atoms with Gasteiger partial charge < -0.3 is 19.1 Å². The van der Waals surface area contributed by atoms with Crippen LogP contribution in [0.2, 0.25) is 0 Å². The molecule has 1 atom stereocenters. The van der Waals surface area contributed by atoms with Gasteiger partial charge in [-0.25, -0.2) is 14.8 Å². The molecule has 45 heavy (non-hydrogen) atoms. The molecule has 5 rings (SSSR count). The van der Waals surface area contributed by atoms with Gasteiger partial charge in [0.1, 0.15) is 16.5 Å². The molecule has 0 amide bonds. The SMILES string of the molecule is C=CCOC1(C)CCN(c2c([C@H](OC(C)(C)C)C(=O)OCC)c(C)nc3cc(-c4ncc(Cc5ccccc5Br)s4)nn23)CC1. The number of esters is 1. The number of anilines is 1. The van der Waals surface area contributed by atoms with Crippen molar-refractivity contribution in [2.24, 2.45) is 0 Å². The minimum Gasteiger partial charge on any atom is -0.464 e. The van der Waals surface area contributed by atoms with Gasteiger partial charge in [-0.1, -0.05) is 40.2 Å². The summed E-state index contributed by atoms with van der Waals surface area (Å²) in [5, 5.41) is 5.88. The number of aryl methyl sites for hydroxylation is 1. The second-order valence-electron chi connectivity index (χ2n) is 12.5. The number of halogens is 1. The lowest BCUT2D eigenvalue weighted by Crippen LogP contribution is -2.45. The van der Waals surface area contributed by atoms with Gasteiger partial charge in [-0.2, -0.15) is 9.61 Å². The van der Waals surface area contributed by atoms with Crippen LogP contribution in [0, 0.1) is 6.92 Å². The molecule has 0 spiro atoms. The highest BCUT2D eigenvalue weighted by molar-refractivity contribution is 9.10. The summed E-state index contributed by atoms with van der Waals surface area (Å²) in [6, 6.07) is 10.2. The van der Waals surface area contributed by atoms with Gasteiger partial charge in [-0.3, -0.25) is 0 Å². The molecule has 0 radical (unpaired) electrons. The number of aromatic nitrogens is 4. The van der Waals surface area contributed by atoms with E-state index in [1.807, 2.05) is 62.7 Å². The first-order valence-corrected chi connectivity index (χ1v) is 17.0. The minimum atomic E-state index is -0.981. The van der Waals surface area contributed by atoms with Crippen LogP contribution >= 0.6 is 27.3 Å². The van der Waals surface area contributed by atoms with E-state index in [9.17, 15) is 4.79 Å². The lowest BCUT2D eigenvalue weighted by atomic mass is 9.92. The van der Waals surface area contributed by atoms with Crippen molar-refractivity contribution in [3.63, 3.8) is 0 Å². The highest BCUT2D eigenvalue weighted by atomic mass is 79.9. The number of rotatable bonds is 11. The second-order valence-corrected chi connectivity index (χ2v) is 14.5. The molecular formula is C34H42BrN5O4S. The predicted molar refractivity (Wildman–Crippen MR) is 182 cm³/mol. The zero-order valence-corrected chi connectivity index (χ0v) is 29.3. The molecule has 11 heteroatoms. The van der Waals surface area contributed by atoms with Crippen LogP contribution in [0.25, 0.3) is 16.3 Å². The van der Waals surface area contributed by atoms with Gasteiger partial charge in [0.05, 0.1) is 30.0 Å². The molecule has 0 unspecified atom stereocenters. The number of carbonyl (C=O) groups is 1. The maximum atomic E-state index is 13.5. The third-order valence-corrected chi connectivity index (χ3v) is 9.60. The average Bonchev–Trinajstić information content (AvgIpc) is 3.63. The topological polar surface area (TPSA) is 91.1 Å². The van der Waals surface area contributed by atoms with E-state index in [-0.39, 0.29) is 12.2 Å². The molecule has 1 saturated heterocycles. The van der Waals surface area contributed by atoms with Gasteiger partial charge in [-0.15, -0.1) is 17.9 Å². The van der Waals surface area contributed by atoms with E-state index in [1.165, 1.54) is 5.56 Å². The molecule has 0 bridgehead atoms. The van der Waals surface area contributed by atoms with Crippen molar-refractivity contribution in [2.45, 2.75) is 78.1 Å². The van der Waals surface area contributed by atoms with E-state index < -0.39 is 17.7 Å². The molecule has 0 N–H and O–H groups in total. The fourth-order valence-corrected chi connectivity index (χ4v) is 6.88. The molecule has 4 aromatic rings. The van der Waals surface area contributed by atoms with E-state index in [0.717, 1.165) is 45.1 Å². The summed E-state index contributed by atoms with van der Waals surface area (Å²) in [5.41, 5.74) is 3.07. The van der Waals surface area contributed by atoms with Crippen molar-refractivity contribution in [1.82, 2.24) is 19.6 Å². The number of hydrogen-bond acceptors (Lipinski definition) is 9. The van der Waals surface area contributed by atoms with E-state index in [2.05, 4.69) is 40.4 Å². The number of benzene rings is 1. The van der Waals surface area contributed by atoms with Crippen molar-refractivity contribution in [2.75, 3.05) is 31.2 Å². The van der Waals surface area contributed by atoms with Crippen LogP contribution in [0.15, 0.2) is 53.7 Å². The molecule has 4 heterocycles. The summed E-state index contributed by atoms with van der Waals surface area (Å²) < 4.78 is 21.0. The molecule has 0 aliphatic carbocycles. The van der Waals surface area contributed by atoms with Crippen molar-refractivity contribution < 1.29 is 19.0 Å². The number of fused-ring (bicyclic) bond motifs is 1. The first kappa shape index (κ1) is 33.2. The predicted octanol–water partition coefficient (Wildman–Crippen LogP) is 7.50. The molecule has 1 aliphatic heterocycles. The van der Waals surface area contributed by atoms with E-state index in [0.29, 0.717) is 36.6 Å². The Labute approximate surface area is 277 Å². The zero-order valence-electron chi connectivity index (χ0n) is 26.9. The smallest absolute Gasteiger partial charge is 0.340 e. The molecule has 240 valence electrons. The largest absolute Gasteiger partial charge is 0.464 e. The number of thiazole rings is 1. The Balaban J connectivity index is 1.60. The zero-order chi connectivity index (χ0) is 32.4. The van der Waals surface area contributed by atoms with Crippen molar-refractivity contribution in [3.05, 3.63) is 75.4 Å². The Kier molecular flexibility index (Phi) is 10.1. The van der Waals surface area contributed by atoms with E-state index in [1.54, 1.807) is 24.3 Å². The highest BCUT2D eigenvalue weighted by Crippen LogP contribution is 2.39. The van der Waals surface area contributed by atoms with Crippen LogP contribution < -0.4 is 4.90 Å². The van der Waals surface area contributed by atoms with Crippen molar-refractivity contribution in [3.8, 4) is 10.7 Å². The standard InChI is InChI=1S/C34H42BrN5O4S/c1-8-18-43-34(7)14-16-39(17-15-34)31-28(29(32(41)42-9-2)44-33(4,5)6)22(3)37-27-20-26(38-40(27)31)30-36-21-24(45-30)19-23-12-10-11-13-25(23)35/h8,10-13,20-21,29H,1,9,14-19H2,2-7H3/t29-/m0/s1. The van der Waals surface area contributed by atoms with Crippen LogP contribution in [-0.4, -0.2) is 63.1 Å². The average molecular weight is 697 g/mol. The first-order chi connectivity index (χ1) is 21.4. The van der Waals surface area contributed by atoms with Gasteiger partial charge in [0, 0.05) is 46.8 Å². The number of carbonyl (C=O) groups excluding carboxylic acids is 1. The van der Waals surface area contributed by atoms with Crippen molar-refractivity contribution >= 4 is 44.7 Å². The van der Waals surface area contributed by atoms with Crippen molar-refractivity contribution in [1.29, 1.82) is 0 Å². The van der Waals surface area contributed by atoms with Crippen LogP contribution in [-0.2, 0) is 25.4 Å². The van der Waals surface area contributed by atoms with Gasteiger partial charge in [0.15, 0.2) is 11.8 Å². The maximum absolute atomic E-state index is 13.5. The first-order valence-electron chi connectivity index (χ1n) is 15.3. The third kappa shape index (κ3) is 7.65. The Bertz CT molecular complexity index is 1670. The summed E-state index contributed by atoms with van der Waals surface area (Å²) >= 11 is 5.27. The number of piperidine rings is 1. The molecule has 9 nitrogen and oxygen atoms in total. The van der Waals surface area contributed by atoms with E-state index in [4.69, 9.17) is 29.3 Å². The number of ether oxygens (including phenoxy) is 3. The highest BCUT2D eigenvalue weighted by Gasteiger charge is 2.38. The Morgan fingerprint density at radius 3 is 2.64 bits per heavy atom. The molecule has 1 fully saturated rings. The molecule has 0 saturated carbocycles. The normalized spacial score (nSPS) is 15.8. The fraction of sp³-hybridized carbons (Fsp3) is 0.471. The van der Waals surface area contributed by atoms with E-state index >= 15 is 0 Å². The Hall–Kier alpha value is -3.12. The molecule has 1 aliphatic rings. The summed E-state index contributed by atoms with van der Waals surface area (Å²) in [6.45, 7) is 17.6. The van der Waals surface area contributed by atoms with Gasteiger partial charge >= 0.3 is 5.97 Å². The molecule has 3 aromatic heterocycles. The Morgan fingerprint density at radius 1 is 1.24 bits per heavy atom. The minimum absolute atomic E-state index is 0.244. The lowest BCUT2D eigenvalue weighted by molar-refractivity contribution is -0.166. The number of hydrogen-bond donors (Lipinski definition) is 0. The molecular weight excluding hydrogens is 654 g/mol. The van der Waals surface area contributed by atoms with Gasteiger partial charge in [0.25, 0.3) is 0 Å². The molecule has 1 aromatic carbocycles. The Morgan fingerprint density at radius 2 is 1.98 bits per heavy atom. The van der Waals surface area contributed by atoms with Gasteiger partial charge in [0.2, 0.25) is 0 Å². The van der Waals surface area contributed by atoms with Gasteiger partial charge in [-0.05, 0) is 66.0 Å². The second kappa shape index (κ2) is 13.7. The summed E-state index contributed by atoms with van der Waals surface area (Å²) in [4.78, 5) is 26.6.